The van der Waals surface area contributed by atoms with Crippen LogP contribution >= 0.6 is 0 Å². The van der Waals surface area contributed by atoms with Crippen LogP contribution in [0.15, 0.2) is 18.2 Å². The Bertz CT molecular complexity index is 411. The van der Waals surface area contributed by atoms with Gasteiger partial charge in [-0.25, -0.2) is 9.78 Å². The van der Waals surface area contributed by atoms with Gasteiger partial charge in [-0.1, -0.05) is 33.8 Å². The third kappa shape index (κ3) is 4.45. The Morgan fingerprint density at radius 3 is 2.67 bits per heavy atom. The lowest BCUT2D eigenvalue weighted by molar-refractivity contribution is 0.0690. The van der Waals surface area contributed by atoms with Crippen LogP contribution in [0.1, 0.15) is 43.9 Å². The summed E-state index contributed by atoms with van der Waals surface area (Å²) in [5, 5.41) is 12.2. The summed E-state index contributed by atoms with van der Waals surface area (Å²) in [6, 6.07) is 5.06. The average Bonchev–Trinajstić information content (AvgIpc) is 2.28. The monoisotopic (exact) mass is 250 g/mol. The van der Waals surface area contributed by atoms with Crippen LogP contribution in [-0.4, -0.2) is 22.6 Å². The van der Waals surface area contributed by atoms with Gasteiger partial charge >= 0.3 is 5.97 Å². The van der Waals surface area contributed by atoms with Crippen molar-refractivity contribution in [3.05, 3.63) is 29.6 Å². The number of rotatable bonds is 5. The first-order chi connectivity index (χ1) is 8.30. The fraction of sp³-hybridized carbons (Fsp3) is 0.571. The Kier molecular flexibility index (Phi) is 4.84. The number of carboxylic acids is 1. The molecule has 0 radical (unpaired) electrons. The summed E-state index contributed by atoms with van der Waals surface area (Å²) in [5.74, 6) is -0.444. The zero-order valence-corrected chi connectivity index (χ0v) is 11.5. The minimum Gasteiger partial charge on any atom is -0.477 e. The number of pyridine rings is 1. The van der Waals surface area contributed by atoms with Gasteiger partial charge in [-0.3, -0.25) is 0 Å². The van der Waals surface area contributed by atoms with E-state index < -0.39 is 5.97 Å². The fourth-order valence-electron chi connectivity index (χ4n) is 1.42. The maximum atomic E-state index is 10.8. The lowest BCUT2D eigenvalue weighted by atomic mass is 9.82. The topological polar surface area (TPSA) is 62.2 Å². The quantitative estimate of drug-likeness (QED) is 0.843. The highest BCUT2D eigenvalue weighted by molar-refractivity contribution is 5.85. The second kappa shape index (κ2) is 5.96. The van der Waals surface area contributed by atoms with E-state index in [2.05, 4.69) is 38.0 Å². The van der Waals surface area contributed by atoms with Gasteiger partial charge in [-0.15, -0.1) is 0 Å². The van der Waals surface area contributed by atoms with Crippen LogP contribution in [0.5, 0.6) is 0 Å². The summed E-state index contributed by atoms with van der Waals surface area (Å²) in [6.07, 6.45) is 0. The van der Waals surface area contributed by atoms with Crippen LogP contribution in [0.3, 0.4) is 0 Å². The van der Waals surface area contributed by atoms with Crippen LogP contribution in [-0.2, 0) is 6.54 Å². The van der Waals surface area contributed by atoms with E-state index in [9.17, 15) is 4.79 Å². The van der Waals surface area contributed by atoms with Gasteiger partial charge < -0.3 is 10.4 Å². The van der Waals surface area contributed by atoms with Gasteiger partial charge in [0.1, 0.15) is 5.69 Å². The fourth-order valence-corrected chi connectivity index (χ4v) is 1.42. The molecule has 0 aliphatic heterocycles. The minimum absolute atomic E-state index is 0.0955. The number of hydrogen-bond donors (Lipinski definition) is 2. The second-order valence-corrected chi connectivity index (χ2v) is 5.72. The lowest BCUT2D eigenvalue weighted by Gasteiger charge is -2.27. The van der Waals surface area contributed by atoms with E-state index in [1.165, 1.54) is 6.07 Å². The molecule has 1 rings (SSSR count). The van der Waals surface area contributed by atoms with Gasteiger partial charge in [-0.2, -0.15) is 0 Å². The van der Waals surface area contributed by atoms with Crippen LogP contribution in [0, 0.1) is 11.3 Å². The summed E-state index contributed by atoms with van der Waals surface area (Å²) in [7, 11) is 0. The molecule has 4 nitrogen and oxygen atoms in total. The van der Waals surface area contributed by atoms with Gasteiger partial charge in [0.25, 0.3) is 0 Å². The second-order valence-electron chi connectivity index (χ2n) is 5.72. The largest absolute Gasteiger partial charge is 0.477 e. The number of aromatic carboxylic acids is 1. The van der Waals surface area contributed by atoms with Crippen LogP contribution in [0.25, 0.3) is 0 Å². The summed E-state index contributed by atoms with van der Waals surface area (Å²) in [4.78, 5) is 14.9. The number of carboxylic acid groups (broad SMARTS) is 1. The molecule has 1 aromatic heterocycles. The first kappa shape index (κ1) is 14.6. The van der Waals surface area contributed by atoms with E-state index in [-0.39, 0.29) is 11.1 Å². The molecule has 1 atom stereocenters. The number of hydrogen-bond acceptors (Lipinski definition) is 3. The van der Waals surface area contributed by atoms with Gasteiger partial charge in [0.2, 0.25) is 0 Å². The van der Waals surface area contributed by atoms with Crippen LogP contribution in [0.2, 0.25) is 0 Å². The van der Waals surface area contributed by atoms with E-state index >= 15 is 0 Å². The standard InChI is InChI=1S/C14H22N2O2/c1-10(14(2,3)4)8-15-9-11-6-5-7-12(16-11)13(17)18/h5-7,10,15H,8-9H2,1-4H3,(H,17,18). The van der Waals surface area contributed by atoms with Crippen molar-refractivity contribution in [1.82, 2.24) is 10.3 Å². The Morgan fingerprint density at radius 2 is 2.11 bits per heavy atom. The van der Waals surface area contributed by atoms with E-state index in [1.54, 1.807) is 6.07 Å². The molecule has 18 heavy (non-hydrogen) atoms. The molecule has 0 bridgehead atoms. The van der Waals surface area contributed by atoms with Crippen molar-refractivity contribution in [2.75, 3.05) is 6.54 Å². The maximum Gasteiger partial charge on any atom is 0.354 e. The molecular weight excluding hydrogens is 228 g/mol. The van der Waals surface area contributed by atoms with Crippen molar-refractivity contribution in [2.45, 2.75) is 34.2 Å². The Morgan fingerprint density at radius 1 is 1.44 bits per heavy atom. The first-order valence-electron chi connectivity index (χ1n) is 6.20. The van der Waals surface area contributed by atoms with Gasteiger partial charge in [-0.05, 0) is 30.0 Å². The molecule has 4 heteroatoms. The van der Waals surface area contributed by atoms with Gasteiger partial charge in [0.05, 0.1) is 5.69 Å². The van der Waals surface area contributed by atoms with E-state index in [0.717, 1.165) is 12.2 Å². The maximum absolute atomic E-state index is 10.8. The molecule has 0 aromatic carbocycles. The zero-order chi connectivity index (χ0) is 13.8. The summed E-state index contributed by atoms with van der Waals surface area (Å²) >= 11 is 0. The molecule has 0 amide bonds. The molecule has 1 unspecified atom stereocenters. The Labute approximate surface area is 108 Å². The molecule has 0 spiro atoms. The Balaban J connectivity index is 2.49. The Hall–Kier alpha value is -1.42. The van der Waals surface area contributed by atoms with Crippen molar-refractivity contribution in [3.8, 4) is 0 Å². The van der Waals surface area contributed by atoms with E-state index in [0.29, 0.717) is 12.5 Å². The molecule has 0 aliphatic rings. The molecule has 0 saturated heterocycles. The van der Waals surface area contributed by atoms with Crippen molar-refractivity contribution in [2.24, 2.45) is 11.3 Å². The highest BCUT2D eigenvalue weighted by atomic mass is 16.4. The average molecular weight is 250 g/mol. The number of nitrogens with one attached hydrogen (secondary N) is 1. The third-order valence-corrected chi connectivity index (χ3v) is 3.26. The normalized spacial score (nSPS) is 13.3. The molecule has 100 valence electrons. The van der Waals surface area contributed by atoms with Crippen LogP contribution < -0.4 is 5.32 Å². The molecule has 2 N–H and O–H groups in total. The molecule has 0 fully saturated rings. The summed E-state index contributed by atoms with van der Waals surface area (Å²) in [5.41, 5.74) is 1.12. The SMILES string of the molecule is CC(CNCc1cccc(C(=O)O)n1)C(C)(C)C. The molecule has 0 aliphatic carbocycles. The number of nitrogens with zero attached hydrogens (tertiary/aromatic N) is 1. The molecule has 0 saturated carbocycles. The zero-order valence-electron chi connectivity index (χ0n) is 11.5. The van der Waals surface area contributed by atoms with E-state index in [1.807, 2.05) is 6.07 Å². The van der Waals surface area contributed by atoms with Crippen molar-refractivity contribution < 1.29 is 9.90 Å². The van der Waals surface area contributed by atoms with Crippen molar-refractivity contribution >= 4 is 5.97 Å². The third-order valence-electron chi connectivity index (χ3n) is 3.26. The molecular formula is C14H22N2O2. The molecule has 1 aromatic rings. The smallest absolute Gasteiger partial charge is 0.354 e. The summed E-state index contributed by atoms with van der Waals surface area (Å²) < 4.78 is 0. The predicted octanol–water partition coefficient (Wildman–Crippen LogP) is 2.55. The number of aromatic nitrogens is 1. The van der Waals surface area contributed by atoms with Gasteiger partial charge in [0.15, 0.2) is 0 Å². The first-order valence-corrected chi connectivity index (χ1v) is 6.20. The van der Waals surface area contributed by atoms with E-state index in [4.69, 9.17) is 5.11 Å². The highest BCUT2D eigenvalue weighted by Gasteiger charge is 2.19. The minimum atomic E-state index is -0.986. The summed E-state index contributed by atoms with van der Waals surface area (Å²) in [6.45, 7) is 10.3. The number of carbonyl (C=O) groups is 1. The van der Waals surface area contributed by atoms with Crippen LogP contribution in [0.4, 0.5) is 0 Å². The lowest BCUT2D eigenvalue weighted by Crippen LogP contribution is -2.29. The highest BCUT2D eigenvalue weighted by Crippen LogP contribution is 2.24. The predicted molar refractivity (Wildman–Crippen MR) is 71.5 cm³/mol. The van der Waals surface area contributed by atoms with Crippen molar-refractivity contribution in [1.29, 1.82) is 0 Å². The van der Waals surface area contributed by atoms with Gasteiger partial charge in [0, 0.05) is 6.54 Å². The molecule has 1 heterocycles. The van der Waals surface area contributed by atoms with Crippen molar-refractivity contribution in [3.63, 3.8) is 0 Å².